The Morgan fingerprint density at radius 2 is 1.82 bits per heavy atom. The van der Waals surface area contributed by atoms with Gasteiger partial charge in [0.05, 0.1) is 6.61 Å². The Bertz CT molecular complexity index is 1070. The Kier molecular flexibility index (Phi) is 10.5. The number of rotatable bonds is 10. The number of aliphatic carboxylic acids is 1. The van der Waals surface area contributed by atoms with Crippen molar-refractivity contribution in [1.82, 2.24) is 20.6 Å². The molecule has 10 N–H and O–H groups in total. The fourth-order valence-electron chi connectivity index (χ4n) is 4.37. The number of aliphatic hydroxyl groups excluding tert-OH is 5. The zero-order chi connectivity index (χ0) is 29.0. The van der Waals surface area contributed by atoms with E-state index in [0.29, 0.717) is 5.69 Å². The molecule has 220 valence electrons. The first-order valence-corrected chi connectivity index (χ1v) is 12.2. The van der Waals surface area contributed by atoms with Gasteiger partial charge in [-0.05, 0) is 12.2 Å². The highest BCUT2D eigenvalue weighted by Gasteiger charge is 2.53. The number of ether oxygens (including phenoxy) is 4. The maximum Gasteiger partial charge on any atom is 0.326 e. The molecule has 0 aromatic carbocycles. The molecule has 0 aliphatic carbocycles. The van der Waals surface area contributed by atoms with Crippen LogP contribution in [0.25, 0.3) is 0 Å². The maximum absolute atomic E-state index is 13.1. The summed E-state index contributed by atoms with van der Waals surface area (Å²) in [6.45, 7) is 0.369. The number of H-pyrrole nitrogens is 2. The van der Waals surface area contributed by atoms with Gasteiger partial charge in [0.1, 0.15) is 48.7 Å². The summed E-state index contributed by atoms with van der Waals surface area (Å²) in [7, 11) is 1.12. The van der Waals surface area contributed by atoms with Crippen molar-refractivity contribution in [2.45, 2.75) is 80.7 Å². The second-order valence-corrected chi connectivity index (χ2v) is 9.45. The van der Waals surface area contributed by atoms with Crippen molar-refractivity contribution in [3.63, 3.8) is 0 Å². The molecular formula is C21H32N4O13S. The number of aliphatic hydroxyl groups is 5. The summed E-state index contributed by atoms with van der Waals surface area (Å²) in [4.78, 5) is 42.0. The molecule has 3 heterocycles. The Labute approximate surface area is 226 Å². The minimum absolute atomic E-state index is 0.198. The first-order chi connectivity index (χ1) is 18.4. The van der Waals surface area contributed by atoms with E-state index in [2.05, 4.69) is 20.6 Å². The molecule has 3 rings (SSSR count). The van der Waals surface area contributed by atoms with Crippen LogP contribution in [0.3, 0.4) is 0 Å². The number of carbonyl (C=O) groups is 3. The van der Waals surface area contributed by atoms with Crippen molar-refractivity contribution in [3.05, 3.63) is 16.7 Å². The summed E-state index contributed by atoms with van der Waals surface area (Å²) >= 11 is 4.91. The molecule has 2 saturated heterocycles. The second-order valence-electron chi connectivity index (χ2n) is 9.04. The van der Waals surface area contributed by atoms with E-state index in [1.165, 1.54) is 6.20 Å². The van der Waals surface area contributed by atoms with E-state index < -0.39 is 91.8 Å². The summed E-state index contributed by atoms with van der Waals surface area (Å²) < 4.78 is 21.7. The van der Waals surface area contributed by atoms with E-state index >= 15 is 0 Å². The highest BCUT2D eigenvalue weighted by Crippen LogP contribution is 2.29. The number of amides is 2. The topological polar surface area (TPSA) is 265 Å². The van der Waals surface area contributed by atoms with Crippen molar-refractivity contribution in [3.8, 4) is 0 Å². The normalized spacial score (nSPS) is 35.7. The lowest BCUT2D eigenvalue weighted by atomic mass is 9.95. The number of hydrogen-bond donors (Lipinski definition) is 10. The molecule has 2 amide bonds. The number of methoxy groups -OCH3 is 1. The van der Waals surface area contributed by atoms with Crippen LogP contribution < -0.4 is 10.6 Å². The molecule has 2 fully saturated rings. The monoisotopic (exact) mass is 580 g/mol. The Morgan fingerprint density at radius 3 is 2.36 bits per heavy atom. The molecule has 0 spiro atoms. The van der Waals surface area contributed by atoms with E-state index in [1.807, 2.05) is 0 Å². The number of imidazole rings is 1. The third kappa shape index (κ3) is 7.17. The Balaban J connectivity index is 1.82. The van der Waals surface area contributed by atoms with E-state index in [1.54, 1.807) is 0 Å². The number of carbonyl (C=O) groups excluding carboxylic acids is 2. The lowest BCUT2D eigenvalue weighted by Crippen LogP contribution is -2.68. The number of aromatic amines is 2. The van der Waals surface area contributed by atoms with Gasteiger partial charge in [0.15, 0.2) is 23.5 Å². The van der Waals surface area contributed by atoms with Crippen LogP contribution in [0.1, 0.15) is 12.6 Å². The third-order valence-corrected chi connectivity index (χ3v) is 6.52. The van der Waals surface area contributed by atoms with Gasteiger partial charge < -0.3 is 70.2 Å². The SMILES string of the molecule is CO[C@@H]1C(C(=O)N[C@@H](Cc2c[nH]c(=S)[nH]2)C(=O)O)O[C@@H](O[C@@H]2C(NC(C)=O)[C@H](O)OC(CO)[C@H]2O)C(O)[C@H]1O. The van der Waals surface area contributed by atoms with Gasteiger partial charge in [-0.25, -0.2) is 4.79 Å². The van der Waals surface area contributed by atoms with Crippen LogP contribution in [-0.2, 0) is 39.8 Å². The molecule has 0 saturated carbocycles. The lowest BCUT2D eigenvalue weighted by molar-refractivity contribution is -0.336. The summed E-state index contributed by atoms with van der Waals surface area (Å²) in [6, 6.07) is -2.88. The van der Waals surface area contributed by atoms with E-state index in [9.17, 15) is 45.0 Å². The average molecular weight is 581 g/mol. The van der Waals surface area contributed by atoms with Crippen molar-refractivity contribution in [1.29, 1.82) is 0 Å². The van der Waals surface area contributed by atoms with Crippen molar-refractivity contribution in [2.75, 3.05) is 13.7 Å². The van der Waals surface area contributed by atoms with Crippen LogP contribution in [0.5, 0.6) is 0 Å². The summed E-state index contributed by atoms with van der Waals surface area (Å²) in [6.07, 6.45) is -13.8. The summed E-state index contributed by atoms with van der Waals surface area (Å²) in [5.41, 5.74) is 0.381. The number of carboxylic acid groups (broad SMARTS) is 1. The summed E-state index contributed by atoms with van der Waals surface area (Å²) in [5.74, 6) is -3.08. The number of nitrogens with one attached hydrogen (secondary N) is 4. The quantitative estimate of drug-likeness (QED) is 0.117. The predicted molar refractivity (Wildman–Crippen MR) is 127 cm³/mol. The van der Waals surface area contributed by atoms with Crippen molar-refractivity contribution < 1.29 is 64.0 Å². The van der Waals surface area contributed by atoms with E-state index in [-0.39, 0.29) is 11.2 Å². The molecular weight excluding hydrogens is 548 g/mol. The minimum Gasteiger partial charge on any atom is -0.480 e. The van der Waals surface area contributed by atoms with Crippen LogP contribution in [0.2, 0.25) is 0 Å². The first-order valence-electron chi connectivity index (χ1n) is 11.8. The minimum atomic E-state index is -1.87. The molecule has 0 bridgehead atoms. The van der Waals surface area contributed by atoms with Gasteiger partial charge in [0.25, 0.3) is 5.91 Å². The lowest BCUT2D eigenvalue weighted by Gasteiger charge is -2.46. The molecule has 39 heavy (non-hydrogen) atoms. The van der Waals surface area contributed by atoms with Gasteiger partial charge in [0, 0.05) is 32.3 Å². The molecule has 17 nitrogen and oxygen atoms in total. The molecule has 1 aromatic heterocycles. The van der Waals surface area contributed by atoms with Gasteiger partial charge in [-0.3, -0.25) is 9.59 Å². The molecule has 18 heteroatoms. The molecule has 1 aromatic rings. The molecule has 2 aliphatic heterocycles. The van der Waals surface area contributed by atoms with Gasteiger partial charge in [-0.15, -0.1) is 0 Å². The molecule has 4 unspecified atom stereocenters. The molecule has 0 radical (unpaired) electrons. The Hall–Kier alpha value is -2.52. The highest BCUT2D eigenvalue weighted by atomic mass is 32.1. The van der Waals surface area contributed by atoms with Crippen molar-refractivity contribution in [2.24, 2.45) is 0 Å². The van der Waals surface area contributed by atoms with Gasteiger partial charge in [-0.1, -0.05) is 0 Å². The zero-order valence-corrected chi connectivity index (χ0v) is 21.6. The van der Waals surface area contributed by atoms with Gasteiger partial charge in [-0.2, -0.15) is 0 Å². The van der Waals surface area contributed by atoms with Crippen LogP contribution in [0.15, 0.2) is 6.20 Å². The van der Waals surface area contributed by atoms with Gasteiger partial charge >= 0.3 is 5.97 Å². The van der Waals surface area contributed by atoms with E-state index in [4.69, 9.17) is 31.2 Å². The highest BCUT2D eigenvalue weighted by molar-refractivity contribution is 7.71. The summed E-state index contributed by atoms with van der Waals surface area (Å²) in [5, 5.41) is 66.0. The van der Waals surface area contributed by atoms with Crippen LogP contribution in [-0.4, -0.2) is 139 Å². The van der Waals surface area contributed by atoms with Crippen LogP contribution >= 0.6 is 12.2 Å². The fourth-order valence-corrected chi connectivity index (χ4v) is 4.56. The average Bonchev–Trinajstić information content (AvgIpc) is 3.29. The fraction of sp³-hybridized carbons (Fsp3) is 0.714. The molecule has 11 atom stereocenters. The van der Waals surface area contributed by atoms with E-state index in [0.717, 1.165) is 14.0 Å². The number of aromatic nitrogens is 2. The zero-order valence-electron chi connectivity index (χ0n) is 20.8. The first kappa shape index (κ1) is 31.0. The largest absolute Gasteiger partial charge is 0.480 e. The standard InChI is InChI=1S/C21H32N4O13S/c1-6(27)23-10-14(11(28)9(5-26)36-19(10)34)37-20-13(30)12(29)15(35-2)16(38-20)17(31)25-8(18(32)33)3-7-4-22-21(39)24-7/h4,8-16,19-20,26,28-30,34H,3,5H2,1-2H3,(H,23,27)(H,25,31)(H,32,33)(H2,22,24,39)/t8-,9?,10?,11+,12+,13?,14+,15-,16?,19+,20+/m0/s1. The van der Waals surface area contributed by atoms with Crippen LogP contribution in [0.4, 0.5) is 0 Å². The number of carboxylic acids is 1. The van der Waals surface area contributed by atoms with Crippen molar-refractivity contribution >= 4 is 30.0 Å². The predicted octanol–water partition coefficient (Wildman–Crippen LogP) is -4.39. The Morgan fingerprint density at radius 1 is 1.13 bits per heavy atom. The second kappa shape index (κ2) is 13.2. The molecule has 2 aliphatic rings. The van der Waals surface area contributed by atoms with Gasteiger partial charge in [0.2, 0.25) is 5.91 Å². The maximum atomic E-state index is 13.1. The third-order valence-electron chi connectivity index (χ3n) is 6.30. The van der Waals surface area contributed by atoms with Crippen LogP contribution in [0, 0.1) is 4.77 Å². The number of hydrogen-bond acceptors (Lipinski definition) is 13. The smallest absolute Gasteiger partial charge is 0.326 e.